The summed E-state index contributed by atoms with van der Waals surface area (Å²) in [5.41, 5.74) is 16.9. The van der Waals surface area contributed by atoms with Gasteiger partial charge in [-0.25, -0.2) is 0 Å². The molecule has 0 unspecified atom stereocenters. The first-order valence-corrected chi connectivity index (χ1v) is 13.5. The van der Waals surface area contributed by atoms with Gasteiger partial charge >= 0.3 is 0 Å². The Hall–Kier alpha value is -5.02. The highest BCUT2D eigenvalue weighted by atomic mass is 15.3. The number of para-hydroxylation sites is 3. The molecule has 8 rings (SSSR count). The van der Waals surface area contributed by atoms with Crippen LogP contribution in [0.4, 0.5) is 11.4 Å². The van der Waals surface area contributed by atoms with Gasteiger partial charge in [-0.1, -0.05) is 103 Å². The summed E-state index contributed by atoms with van der Waals surface area (Å²) in [5, 5.41) is 5.08. The Morgan fingerprint density at radius 3 is 2.26 bits per heavy atom. The molecule has 186 valence electrons. The maximum absolute atomic E-state index is 6.32. The molecule has 6 aromatic carbocycles. The molecule has 2 heterocycles. The third-order valence-corrected chi connectivity index (χ3v) is 8.19. The molecular weight excluding hydrogens is 474 g/mol. The summed E-state index contributed by atoms with van der Waals surface area (Å²) in [5.74, 6) is 0. The van der Waals surface area contributed by atoms with E-state index in [4.69, 9.17) is 5.73 Å². The number of hydrogen-bond donors (Lipinski definition) is 2. The fourth-order valence-electron chi connectivity index (χ4n) is 6.25. The zero-order valence-electron chi connectivity index (χ0n) is 21.4. The van der Waals surface area contributed by atoms with Crippen molar-refractivity contribution in [3.05, 3.63) is 133 Å². The van der Waals surface area contributed by atoms with Crippen LogP contribution in [0.15, 0.2) is 127 Å². The fraction of sp³-hybridized carbons (Fsp3) is 0.0556. The number of nitrogens with zero attached hydrogens (tertiary/aromatic N) is 1. The zero-order valence-corrected chi connectivity index (χ0v) is 21.4. The minimum atomic E-state index is 0.307. The molecule has 0 aliphatic carbocycles. The van der Waals surface area contributed by atoms with Crippen molar-refractivity contribution < 1.29 is 0 Å². The van der Waals surface area contributed by atoms with Gasteiger partial charge in [0.15, 0.2) is 0 Å². The molecule has 0 saturated carbocycles. The van der Waals surface area contributed by atoms with Gasteiger partial charge in [0.25, 0.3) is 0 Å². The highest BCUT2D eigenvalue weighted by Gasteiger charge is 2.38. The van der Waals surface area contributed by atoms with E-state index in [1.165, 1.54) is 54.9 Å². The zero-order chi connectivity index (χ0) is 25.9. The molecular formula is C36H27N3. The Labute approximate surface area is 227 Å². The molecule has 1 saturated heterocycles. The average molecular weight is 502 g/mol. The highest BCUT2D eigenvalue weighted by Crippen LogP contribution is 2.47. The quantitative estimate of drug-likeness (QED) is 0.187. The van der Waals surface area contributed by atoms with Crippen LogP contribution in [0.25, 0.3) is 54.8 Å². The van der Waals surface area contributed by atoms with Crippen LogP contribution in [0.3, 0.4) is 0 Å². The van der Waals surface area contributed by atoms with Gasteiger partial charge in [0.05, 0.1) is 22.9 Å². The van der Waals surface area contributed by atoms with E-state index in [9.17, 15) is 0 Å². The number of aromatic amines is 1. The number of aromatic nitrogens is 1. The molecule has 3 nitrogen and oxygen atoms in total. The Balaban J connectivity index is 1.30. The van der Waals surface area contributed by atoms with Gasteiger partial charge in [0.2, 0.25) is 0 Å². The lowest BCUT2D eigenvalue weighted by Gasteiger charge is -2.13. The predicted octanol–water partition coefficient (Wildman–Crippen LogP) is 8.95. The highest BCUT2D eigenvalue weighted by molar-refractivity contribution is 6.15. The molecule has 0 spiro atoms. The Morgan fingerprint density at radius 1 is 0.641 bits per heavy atom. The number of rotatable bonds is 4. The van der Waals surface area contributed by atoms with Gasteiger partial charge < -0.3 is 15.6 Å². The lowest BCUT2D eigenvalue weighted by Crippen LogP contribution is -1.99. The third kappa shape index (κ3) is 3.51. The van der Waals surface area contributed by atoms with Crippen molar-refractivity contribution in [1.82, 2.24) is 4.98 Å². The second-order valence-electron chi connectivity index (χ2n) is 10.5. The largest absolute Gasteiger partial charge is 0.397 e. The molecule has 7 aromatic rings. The number of H-pyrrole nitrogens is 1. The van der Waals surface area contributed by atoms with Crippen molar-refractivity contribution in [2.45, 2.75) is 6.04 Å². The number of anilines is 2. The summed E-state index contributed by atoms with van der Waals surface area (Å²) in [7, 11) is 0. The van der Waals surface area contributed by atoms with E-state index >= 15 is 0 Å². The van der Waals surface area contributed by atoms with E-state index in [1.807, 2.05) is 12.1 Å². The molecule has 1 atom stereocenters. The van der Waals surface area contributed by atoms with Crippen molar-refractivity contribution in [2.75, 3.05) is 17.2 Å². The van der Waals surface area contributed by atoms with E-state index in [1.54, 1.807) is 0 Å². The van der Waals surface area contributed by atoms with Gasteiger partial charge in [0.1, 0.15) is 0 Å². The smallest absolute Gasteiger partial charge is 0.0739 e. The van der Waals surface area contributed by atoms with Gasteiger partial charge in [-0.3, -0.25) is 0 Å². The van der Waals surface area contributed by atoms with Crippen LogP contribution in [0.2, 0.25) is 0 Å². The summed E-state index contributed by atoms with van der Waals surface area (Å²) in [6, 6.07) is 45.9. The Morgan fingerprint density at radius 2 is 1.36 bits per heavy atom. The number of fused-ring (bicyclic) bond motifs is 4. The van der Waals surface area contributed by atoms with Crippen molar-refractivity contribution in [3.8, 4) is 22.3 Å². The molecule has 3 heteroatoms. The van der Waals surface area contributed by atoms with Crippen LogP contribution in [0.1, 0.15) is 11.6 Å². The second kappa shape index (κ2) is 8.50. The first-order chi connectivity index (χ1) is 19.3. The Kier molecular flexibility index (Phi) is 4.80. The summed E-state index contributed by atoms with van der Waals surface area (Å²) in [6.07, 6.45) is 0. The van der Waals surface area contributed by atoms with E-state index in [0.29, 0.717) is 6.04 Å². The molecule has 39 heavy (non-hydrogen) atoms. The second-order valence-corrected chi connectivity index (χ2v) is 10.5. The fourth-order valence-corrected chi connectivity index (χ4v) is 6.25. The van der Waals surface area contributed by atoms with Crippen molar-refractivity contribution in [1.29, 1.82) is 0 Å². The lowest BCUT2D eigenvalue weighted by molar-refractivity contribution is 1.14. The summed E-state index contributed by atoms with van der Waals surface area (Å²) < 4.78 is 0. The molecule has 1 aliphatic heterocycles. The van der Waals surface area contributed by atoms with Gasteiger partial charge in [0, 0.05) is 28.4 Å². The van der Waals surface area contributed by atoms with Crippen LogP contribution in [0, 0.1) is 0 Å². The van der Waals surface area contributed by atoms with Crippen LogP contribution < -0.4 is 10.6 Å². The van der Waals surface area contributed by atoms with E-state index in [-0.39, 0.29) is 0 Å². The maximum Gasteiger partial charge on any atom is 0.0739 e. The van der Waals surface area contributed by atoms with Gasteiger partial charge in [-0.2, -0.15) is 0 Å². The summed E-state index contributed by atoms with van der Waals surface area (Å²) >= 11 is 0. The molecule has 1 aromatic heterocycles. The number of benzene rings is 6. The molecule has 1 fully saturated rings. The van der Waals surface area contributed by atoms with Crippen molar-refractivity contribution in [2.24, 2.45) is 0 Å². The number of hydrogen-bond acceptors (Lipinski definition) is 2. The molecule has 1 aliphatic rings. The van der Waals surface area contributed by atoms with E-state index < -0.39 is 0 Å². The van der Waals surface area contributed by atoms with Crippen LogP contribution in [0.5, 0.6) is 0 Å². The minimum Gasteiger partial charge on any atom is -0.397 e. The van der Waals surface area contributed by atoms with Crippen molar-refractivity contribution >= 4 is 44.0 Å². The van der Waals surface area contributed by atoms with E-state index in [2.05, 4.69) is 125 Å². The molecule has 3 N–H and O–H groups in total. The molecule has 0 radical (unpaired) electrons. The Bertz CT molecular complexity index is 2030. The summed E-state index contributed by atoms with van der Waals surface area (Å²) in [6.45, 7) is 0.967. The molecule has 0 bridgehead atoms. The van der Waals surface area contributed by atoms with Crippen LogP contribution in [-0.2, 0) is 0 Å². The summed E-state index contributed by atoms with van der Waals surface area (Å²) in [4.78, 5) is 6.16. The van der Waals surface area contributed by atoms with Crippen LogP contribution in [-0.4, -0.2) is 11.5 Å². The van der Waals surface area contributed by atoms with E-state index in [0.717, 1.165) is 23.4 Å². The first-order valence-electron chi connectivity index (χ1n) is 13.5. The number of nitrogen functional groups attached to an aromatic ring is 1. The minimum absolute atomic E-state index is 0.307. The topological polar surface area (TPSA) is 44.8 Å². The average Bonchev–Trinajstić information content (AvgIpc) is 3.68. The normalized spacial score (nSPS) is 14.9. The van der Waals surface area contributed by atoms with Gasteiger partial charge in [-0.05, 0) is 57.3 Å². The standard InChI is InChI=1S/C36H27N3/c37-31-16-4-6-18-33(31)39-22-34(39)30-20-19-28(35-29-14-3-5-17-32(29)38-36(30)35)25-12-7-11-24(21-25)27-15-8-10-23-9-1-2-13-26(23)27/h1-21,34,38H,22,37H2/t34-,39?/m0/s1. The SMILES string of the molecule is Nc1ccccc1N1C[C@H]1c1ccc(-c2cccc(-c3cccc4ccccc34)c2)c2c1[nH]c1ccccc12. The van der Waals surface area contributed by atoms with Gasteiger partial charge in [-0.15, -0.1) is 0 Å². The number of nitrogens with one attached hydrogen (secondary N) is 1. The predicted molar refractivity (Wildman–Crippen MR) is 165 cm³/mol. The first kappa shape index (κ1) is 22.0. The number of nitrogens with two attached hydrogens (primary N) is 1. The maximum atomic E-state index is 6.32. The third-order valence-electron chi connectivity index (χ3n) is 8.19. The molecule has 0 amide bonds. The monoisotopic (exact) mass is 501 g/mol. The van der Waals surface area contributed by atoms with Crippen LogP contribution >= 0.6 is 0 Å². The van der Waals surface area contributed by atoms with Crippen molar-refractivity contribution in [3.63, 3.8) is 0 Å². The lowest BCUT2D eigenvalue weighted by atomic mass is 9.92.